The zero-order valence-electron chi connectivity index (χ0n) is 5.56. The van der Waals surface area contributed by atoms with Crippen molar-refractivity contribution in [3.8, 4) is 0 Å². The van der Waals surface area contributed by atoms with Crippen LogP contribution in [0.2, 0.25) is 0 Å². The van der Waals surface area contributed by atoms with Gasteiger partial charge in [0.05, 0.1) is 6.04 Å². The lowest BCUT2D eigenvalue weighted by Crippen LogP contribution is -2.26. The highest BCUT2D eigenvalue weighted by Crippen LogP contribution is 2.00. The standard InChI is InChI=1S/C6H12ClNO/c1-2-3-4-5(8)6(7)9/h5H,2-4,8H2,1H3/t5-/m0/s1. The zero-order valence-corrected chi connectivity index (χ0v) is 6.32. The van der Waals surface area contributed by atoms with E-state index in [0.29, 0.717) is 6.42 Å². The Morgan fingerprint density at radius 1 is 1.78 bits per heavy atom. The minimum atomic E-state index is -0.452. The number of hydrogen-bond donors (Lipinski definition) is 1. The van der Waals surface area contributed by atoms with Gasteiger partial charge in [-0.3, -0.25) is 4.79 Å². The van der Waals surface area contributed by atoms with Crippen LogP contribution in [0.4, 0.5) is 0 Å². The summed E-state index contributed by atoms with van der Waals surface area (Å²) in [6.07, 6.45) is 2.73. The zero-order chi connectivity index (χ0) is 7.28. The molecule has 9 heavy (non-hydrogen) atoms. The van der Waals surface area contributed by atoms with Crippen LogP contribution in [0.1, 0.15) is 26.2 Å². The van der Waals surface area contributed by atoms with Crippen molar-refractivity contribution in [2.75, 3.05) is 0 Å². The minimum Gasteiger partial charge on any atom is -0.320 e. The van der Waals surface area contributed by atoms with Gasteiger partial charge in [0.25, 0.3) is 0 Å². The van der Waals surface area contributed by atoms with Crippen LogP contribution < -0.4 is 5.73 Å². The van der Waals surface area contributed by atoms with E-state index in [1.165, 1.54) is 0 Å². The van der Waals surface area contributed by atoms with Crippen molar-refractivity contribution >= 4 is 16.8 Å². The Morgan fingerprint density at radius 2 is 2.33 bits per heavy atom. The average Bonchev–Trinajstić information content (AvgIpc) is 1.82. The van der Waals surface area contributed by atoms with Gasteiger partial charge in [-0.1, -0.05) is 19.8 Å². The van der Waals surface area contributed by atoms with E-state index in [4.69, 9.17) is 17.3 Å². The molecule has 0 bridgehead atoms. The Bertz CT molecular complexity index is 95.1. The molecule has 2 N–H and O–H groups in total. The van der Waals surface area contributed by atoms with Gasteiger partial charge in [0.15, 0.2) is 0 Å². The molecule has 0 aromatic carbocycles. The Labute approximate surface area is 60.4 Å². The fourth-order valence-corrected chi connectivity index (χ4v) is 0.647. The first-order chi connectivity index (χ1) is 4.18. The lowest BCUT2D eigenvalue weighted by molar-refractivity contribution is -0.112. The Morgan fingerprint density at radius 3 is 2.67 bits per heavy atom. The number of carbonyl (C=O) groups is 1. The maximum atomic E-state index is 10.3. The summed E-state index contributed by atoms with van der Waals surface area (Å²) in [6.45, 7) is 2.05. The van der Waals surface area contributed by atoms with Gasteiger partial charge in [-0.25, -0.2) is 0 Å². The van der Waals surface area contributed by atoms with Crippen molar-refractivity contribution < 1.29 is 4.79 Å². The van der Waals surface area contributed by atoms with Gasteiger partial charge in [0.2, 0.25) is 5.24 Å². The van der Waals surface area contributed by atoms with Gasteiger partial charge in [-0.15, -0.1) is 0 Å². The highest BCUT2D eigenvalue weighted by Gasteiger charge is 2.07. The first-order valence-corrected chi connectivity index (χ1v) is 3.51. The van der Waals surface area contributed by atoms with Gasteiger partial charge in [-0.2, -0.15) is 0 Å². The van der Waals surface area contributed by atoms with Crippen molar-refractivity contribution in [3.05, 3.63) is 0 Å². The van der Waals surface area contributed by atoms with Crippen LogP contribution in [-0.4, -0.2) is 11.3 Å². The highest BCUT2D eigenvalue weighted by molar-refractivity contribution is 6.64. The van der Waals surface area contributed by atoms with Crippen molar-refractivity contribution in [1.29, 1.82) is 0 Å². The monoisotopic (exact) mass is 149 g/mol. The average molecular weight is 150 g/mol. The number of unbranched alkanes of at least 4 members (excludes halogenated alkanes) is 1. The molecule has 0 unspecified atom stereocenters. The van der Waals surface area contributed by atoms with E-state index in [-0.39, 0.29) is 0 Å². The molecule has 54 valence electrons. The van der Waals surface area contributed by atoms with E-state index >= 15 is 0 Å². The molecule has 3 heteroatoms. The van der Waals surface area contributed by atoms with E-state index in [1.807, 2.05) is 6.92 Å². The van der Waals surface area contributed by atoms with E-state index in [0.717, 1.165) is 12.8 Å². The van der Waals surface area contributed by atoms with Gasteiger partial charge < -0.3 is 5.73 Å². The molecule has 0 fully saturated rings. The molecule has 0 rings (SSSR count). The summed E-state index contributed by atoms with van der Waals surface area (Å²) in [7, 11) is 0. The lowest BCUT2D eigenvalue weighted by Gasteiger charge is -2.02. The maximum absolute atomic E-state index is 10.3. The summed E-state index contributed by atoms with van der Waals surface area (Å²) in [4.78, 5) is 10.3. The maximum Gasteiger partial charge on any atom is 0.238 e. The molecule has 2 nitrogen and oxygen atoms in total. The summed E-state index contributed by atoms with van der Waals surface area (Å²) in [6, 6.07) is -0.452. The summed E-state index contributed by atoms with van der Waals surface area (Å²) >= 11 is 5.10. The fraction of sp³-hybridized carbons (Fsp3) is 0.833. The molecule has 0 aromatic heterocycles. The van der Waals surface area contributed by atoms with Gasteiger partial charge in [0.1, 0.15) is 0 Å². The first-order valence-electron chi connectivity index (χ1n) is 3.13. The number of rotatable bonds is 4. The molecule has 0 aliphatic rings. The van der Waals surface area contributed by atoms with Crippen molar-refractivity contribution in [3.63, 3.8) is 0 Å². The Hall–Kier alpha value is -0.0800. The van der Waals surface area contributed by atoms with Crippen LogP contribution in [-0.2, 0) is 4.79 Å². The minimum absolute atomic E-state index is 0.427. The second kappa shape index (κ2) is 4.77. The van der Waals surface area contributed by atoms with Crippen LogP contribution in [0, 0.1) is 0 Å². The third-order valence-electron chi connectivity index (χ3n) is 1.16. The summed E-state index contributed by atoms with van der Waals surface area (Å²) in [5, 5.41) is -0.427. The fourth-order valence-electron chi connectivity index (χ4n) is 0.538. The van der Waals surface area contributed by atoms with E-state index < -0.39 is 11.3 Å². The molecule has 0 radical (unpaired) electrons. The first kappa shape index (κ1) is 8.92. The summed E-state index contributed by atoms with van der Waals surface area (Å²) in [5.41, 5.74) is 5.32. The van der Waals surface area contributed by atoms with Gasteiger partial charge in [0, 0.05) is 0 Å². The highest BCUT2D eigenvalue weighted by atomic mass is 35.5. The van der Waals surface area contributed by atoms with Crippen LogP contribution in [0.5, 0.6) is 0 Å². The normalized spacial score (nSPS) is 13.2. The molecule has 0 heterocycles. The van der Waals surface area contributed by atoms with Crippen LogP contribution in [0.15, 0.2) is 0 Å². The Balaban J connectivity index is 3.27. The van der Waals surface area contributed by atoms with E-state index in [1.54, 1.807) is 0 Å². The third-order valence-corrected chi connectivity index (χ3v) is 1.44. The smallest absolute Gasteiger partial charge is 0.238 e. The van der Waals surface area contributed by atoms with E-state index in [9.17, 15) is 4.79 Å². The summed E-state index contributed by atoms with van der Waals surface area (Å²) in [5.74, 6) is 0. The molecule has 0 aromatic rings. The predicted octanol–water partition coefficient (Wildman–Crippen LogP) is 1.27. The molecule has 0 amide bonds. The van der Waals surface area contributed by atoms with Crippen molar-refractivity contribution in [2.24, 2.45) is 5.73 Å². The van der Waals surface area contributed by atoms with Gasteiger partial charge >= 0.3 is 0 Å². The van der Waals surface area contributed by atoms with E-state index in [2.05, 4.69) is 0 Å². The predicted molar refractivity (Wildman–Crippen MR) is 38.4 cm³/mol. The number of nitrogens with two attached hydrogens (primary N) is 1. The molecule has 0 aliphatic carbocycles. The quantitative estimate of drug-likeness (QED) is 0.612. The molecule has 0 aliphatic heterocycles. The molecule has 1 atom stereocenters. The molecular weight excluding hydrogens is 138 g/mol. The molecule has 0 saturated heterocycles. The van der Waals surface area contributed by atoms with Gasteiger partial charge in [-0.05, 0) is 18.0 Å². The second-order valence-electron chi connectivity index (χ2n) is 2.05. The summed E-state index contributed by atoms with van der Waals surface area (Å²) < 4.78 is 0. The van der Waals surface area contributed by atoms with Crippen molar-refractivity contribution in [1.82, 2.24) is 0 Å². The topological polar surface area (TPSA) is 43.1 Å². The Kier molecular flexibility index (Phi) is 4.72. The number of carbonyl (C=O) groups excluding carboxylic acids is 1. The molecular formula is C6H12ClNO. The SMILES string of the molecule is CCCC[C@H](N)C(=O)Cl. The van der Waals surface area contributed by atoms with Crippen LogP contribution in [0.25, 0.3) is 0 Å². The second-order valence-corrected chi connectivity index (χ2v) is 2.43. The number of halogens is 1. The van der Waals surface area contributed by atoms with Crippen LogP contribution in [0.3, 0.4) is 0 Å². The largest absolute Gasteiger partial charge is 0.320 e. The molecule has 0 spiro atoms. The lowest BCUT2D eigenvalue weighted by atomic mass is 10.1. The number of hydrogen-bond acceptors (Lipinski definition) is 2. The van der Waals surface area contributed by atoms with Crippen LogP contribution >= 0.6 is 11.6 Å². The van der Waals surface area contributed by atoms with Crippen molar-refractivity contribution in [2.45, 2.75) is 32.2 Å². The third kappa shape index (κ3) is 4.43. The molecule has 0 saturated carbocycles.